The Morgan fingerprint density at radius 1 is 1.57 bits per heavy atom. The number of likely N-dealkylation sites (N-methyl/N-ethyl adjacent to an activating group) is 1. The second-order valence-corrected chi connectivity index (χ2v) is 5.02. The molecule has 2 nitrogen and oxygen atoms in total. The Morgan fingerprint density at radius 3 is 2.79 bits per heavy atom. The molecule has 1 aromatic heterocycles. The highest BCUT2D eigenvalue weighted by molar-refractivity contribution is 7.09. The largest absolute Gasteiger partial charge is 0.319 e. The number of hydrogen-bond donors (Lipinski definition) is 1. The van der Waals surface area contributed by atoms with Crippen LogP contribution in [-0.2, 0) is 11.8 Å². The van der Waals surface area contributed by atoms with Crippen molar-refractivity contribution in [3.8, 4) is 0 Å². The normalized spacial score (nSPS) is 19.3. The molecule has 1 fully saturated rings. The summed E-state index contributed by atoms with van der Waals surface area (Å²) in [5, 5.41) is 6.87. The molecule has 0 saturated heterocycles. The van der Waals surface area contributed by atoms with Crippen LogP contribution in [0.5, 0.6) is 0 Å². The smallest absolute Gasteiger partial charge is 0.100 e. The van der Waals surface area contributed by atoms with E-state index in [0.29, 0.717) is 5.41 Å². The van der Waals surface area contributed by atoms with Crippen molar-refractivity contribution in [1.82, 2.24) is 10.3 Å². The van der Waals surface area contributed by atoms with Gasteiger partial charge >= 0.3 is 0 Å². The molecule has 2 rings (SSSR count). The van der Waals surface area contributed by atoms with Crippen molar-refractivity contribution < 1.29 is 0 Å². The van der Waals surface area contributed by atoms with Crippen LogP contribution in [0.4, 0.5) is 0 Å². The van der Waals surface area contributed by atoms with Crippen molar-refractivity contribution in [1.29, 1.82) is 0 Å². The predicted octanol–water partition coefficient (Wildman–Crippen LogP) is 2.35. The Labute approximate surface area is 89.8 Å². The maximum Gasteiger partial charge on any atom is 0.100 e. The topological polar surface area (TPSA) is 24.9 Å². The summed E-state index contributed by atoms with van der Waals surface area (Å²) >= 11 is 1.85. The fourth-order valence-electron chi connectivity index (χ4n) is 2.12. The van der Waals surface area contributed by atoms with E-state index in [0.717, 1.165) is 13.0 Å². The lowest BCUT2D eigenvalue weighted by Gasteiger charge is -2.40. The lowest BCUT2D eigenvalue weighted by Crippen LogP contribution is -2.42. The monoisotopic (exact) mass is 210 g/mol. The summed E-state index contributed by atoms with van der Waals surface area (Å²) in [4.78, 5) is 4.72. The van der Waals surface area contributed by atoms with Crippen LogP contribution in [0.25, 0.3) is 0 Å². The van der Waals surface area contributed by atoms with E-state index < -0.39 is 0 Å². The fourth-order valence-corrected chi connectivity index (χ4v) is 3.28. The highest BCUT2D eigenvalue weighted by Gasteiger charge is 2.40. The van der Waals surface area contributed by atoms with Crippen molar-refractivity contribution in [3.63, 3.8) is 0 Å². The number of hydrogen-bond acceptors (Lipinski definition) is 3. The van der Waals surface area contributed by atoms with Gasteiger partial charge in [-0.15, -0.1) is 11.3 Å². The van der Waals surface area contributed by atoms with Crippen molar-refractivity contribution >= 4 is 11.3 Å². The molecular formula is C11H18N2S. The third-order valence-electron chi connectivity index (χ3n) is 3.19. The molecule has 78 valence electrons. The molecular weight excluding hydrogens is 192 g/mol. The van der Waals surface area contributed by atoms with Crippen LogP contribution in [0.2, 0.25) is 0 Å². The SMILES string of the molecule is CCc1csc(C2(CNC)CCC2)n1. The van der Waals surface area contributed by atoms with Gasteiger partial charge in [0.15, 0.2) is 0 Å². The van der Waals surface area contributed by atoms with Crippen LogP contribution in [0, 0.1) is 0 Å². The van der Waals surface area contributed by atoms with Gasteiger partial charge in [-0.05, 0) is 26.3 Å². The van der Waals surface area contributed by atoms with Crippen molar-refractivity contribution in [3.05, 3.63) is 16.1 Å². The zero-order chi connectivity index (χ0) is 10.0. The molecule has 1 saturated carbocycles. The molecule has 3 heteroatoms. The summed E-state index contributed by atoms with van der Waals surface area (Å²) in [7, 11) is 2.04. The molecule has 1 N–H and O–H groups in total. The van der Waals surface area contributed by atoms with Crippen molar-refractivity contribution in [2.75, 3.05) is 13.6 Å². The van der Waals surface area contributed by atoms with E-state index in [1.807, 2.05) is 18.4 Å². The number of nitrogens with one attached hydrogen (secondary N) is 1. The molecule has 14 heavy (non-hydrogen) atoms. The molecule has 0 bridgehead atoms. The number of rotatable bonds is 4. The minimum absolute atomic E-state index is 0.382. The second-order valence-electron chi connectivity index (χ2n) is 4.16. The highest BCUT2D eigenvalue weighted by Crippen LogP contribution is 2.44. The first-order valence-electron chi connectivity index (χ1n) is 5.40. The van der Waals surface area contributed by atoms with Gasteiger partial charge in [0.25, 0.3) is 0 Å². The van der Waals surface area contributed by atoms with Gasteiger partial charge in [0.1, 0.15) is 5.01 Å². The zero-order valence-corrected chi connectivity index (χ0v) is 9.78. The van der Waals surface area contributed by atoms with Crippen LogP contribution in [0.1, 0.15) is 36.9 Å². The summed E-state index contributed by atoms with van der Waals surface area (Å²) < 4.78 is 0. The molecule has 0 unspecified atom stereocenters. The number of aromatic nitrogens is 1. The van der Waals surface area contributed by atoms with E-state index in [4.69, 9.17) is 4.98 Å². The quantitative estimate of drug-likeness (QED) is 0.825. The van der Waals surface area contributed by atoms with Gasteiger partial charge < -0.3 is 5.32 Å². The summed E-state index contributed by atoms with van der Waals surface area (Å²) in [5.74, 6) is 0. The van der Waals surface area contributed by atoms with E-state index in [-0.39, 0.29) is 0 Å². The van der Waals surface area contributed by atoms with Crippen LogP contribution in [0.3, 0.4) is 0 Å². The van der Waals surface area contributed by atoms with Gasteiger partial charge in [-0.2, -0.15) is 0 Å². The summed E-state index contributed by atoms with van der Waals surface area (Å²) in [6.07, 6.45) is 5.05. The first kappa shape index (κ1) is 10.1. The second kappa shape index (κ2) is 3.99. The van der Waals surface area contributed by atoms with E-state index in [1.54, 1.807) is 0 Å². The molecule has 0 amide bonds. The van der Waals surface area contributed by atoms with E-state index in [9.17, 15) is 0 Å². The Morgan fingerprint density at radius 2 is 2.36 bits per heavy atom. The maximum absolute atomic E-state index is 4.72. The molecule has 0 aliphatic heterocycles. The molecule has 0 atom stereocenters. The van der Waals surface area contributed by atoms with E-state index >= 15 is 0 Å². The lowest BCUT2D eigenvalue weighted by molar-refractivity contribution is 0.238. The molecule has 1 aromatic rings. The lowest BCUT2D eigenvalue weighted by atomic mass is 9.69. The minimum atomic E-state index is 0.382. The highest BCUT2D eigenvalue weighted by atomic mass is 32.1. The van der Waals surface area contributed by atoms with Gasteiger partial charge in [-0.3, -0.25) is 0 Å². The fraction of sp³-hybridized carbons (Fsp3) is 0.727. The molecule has 0 spiro atoms. The van der Waals surface area contributed by atoms with E-state index in [2.05, 4.69) is 17.6 Å². The van der Waals surface area contributed by atoms with Crippen molar-refractivity contribution in [2.24, 2.45) is 0 Å². The summed E-state index contributed by atoms with van der Waals surface area (Å²) in [5.41, 5.74) is 1.64. The molecule has 1 aliphatic carbocycles. The Kier molecular flexibility index (Phi) is 2.88. The van der Waals surface area contributed by atoms with Crippen LogP contribution < -0.4 is 5.32 Å². The van der Waals surface area contributed by atoms with Crippen LogP contribution in [0.15, 0.2) is 5.38 Å². The third kappa shape index (κ3) is 1.59. The Hall–Kier alpha value is -0.410. The van der Waals surface area contributed by atoms with Gasteiger partial charge in [0.05, 0.1) is 5.69 Å². The van der Waals surface area contributed by atoms with E-state index in [1.165, 1.54) is 30.0 Å². The maximum atomic E-state index is 4.72. The third-order valence-corrected chi connectivity index (χ3v) is 4.33. The van der Waals surface area contributed by atoms with Crippen LogP contribution >= 0.6 is 11.3 Å². The van der Waals surface area contributed by atoms with Crippen LogP contribution in [-0.4, -0.2) is 18.6 Å². The van der Waals surface area contributed by atoms with Gasteiger partial charge in [0, 0.05) is 17.3 Å². The summed E-state index contributed by atoms with van der Waals surface area (Å²) in [6, 6.07) is 0. The summed E-state index contributed by atoms with van der Waals surface area (Å²) in [6.45, 7) is 3.26. The van der Waals surface area contributed by atoms with Crippen molar-refractivity contribution in [2.45, 2.75) is 38.0 Å². The molecule has 0 radical (unpaired) electrons. The standard InChI is InChI=1S/C11H18N2S/c1-3-9-7-14-10(13-9)11(8-12-2)5-4-6-11/h7,12H,3-6,8H2,1-2H3. The average Bonchev–Trinajstić information content (AvgIpc) is 2.59. The van der Waals surface area contributed by atoms with Gasteiger partial charge in [-0.25, -0.2) is 4.98 Å². The Balaban J connectivity index is 2.18. The number of nitrogens with zero attached hydrogens (tertiary/aromatic N) is 1. The van der Waals surface area contributed by atoms with Gasteiger partial charge in [-0.1, -0.05) is 13.3 Å². The molecule has 0 aromatic carbocycles. The number of aryl methyl sites for hydroxylation is 1. The molecule has 1 heterocycles. The Bertz CT molecular complexity index is 302. The first-order valence-corrected chi connectivity index (χ1v) is 6.28. The predicted molar refractivity (Wildman–Crippen MR) is 60.9 cm³/mol. The molecule has 1 aliphatic rings. The number of thiazole rings is 1. The minimum Gasteiger partial charge on any atom is -0.319 e. The zero-order valence-electron chi connectivity index (χ0n) is 8.97. The first-order chi connectivity index (χ1) is 6.80. The van der Waals surface area contributed by atoms with Gasteiger partial charge in [0.2, 0.25) is 0 Å². The average molecular weight is 210 g/mol.